The third-order valence-electron chi connectivity index (χ3n) is 3.56. The number of rotatable bonds is 5. The Balaban J connectivity index is 2.01. The second-order valence-corrected chi connectivity index (χ2v) is 8.65. The number of halogens is 1. The minimum Gasteiger partial charge on any atom is -0.338 e. The molecule has 1 heterocycles. The van der Waals surface area contributed by atoms with Gasteiger partial charge in [-0.25, -0.2) is 8.42 Å². The zero-order valence-electron chi connectivity index (χ0n) is 11.4. The van der Waals surface area contributed by atoms with Crippen molar-refractivity contribution in [2.45, 2.75) is 19.8 Å². The maximum atomic E-state index is 12.4. The van der Waals surface area contributed by atoms with Crippen LogP contribution < -0.4 is 0 Å². The van der Waals surface area contributed by atoms with Gasteiger partial charge in [0.2, 0.25) is 0 Å². The van der Waals surface area contributed by atoms with E-state index in [1.54, 1.807) is 11.8 Å². The van der Waals surface area contributed by atoms with Gasteiger partial charge >= 0.3 is 0 Å². The van der Waals surface area contributed by atoms with Crippen LogP contribution in [0.2, 0.25) is 0 Å². The maximum absolute atomic E-state index is 12.4. The predicted octanol–water partition coefficient (Wildman–Crippen LogP) is 2.11. The molecule has 4 nitrogen and oxygen atoms in total. The van der Waals surface area contributed by atoms with E-state index in [-0.39, 0.29) is 17.4 Å². The molecule has 2 rings (SSSR count). The number of hydrogen-bond donors (Lipinski definition) is 0. The number of sulfone groups is 1. The molecule has 1 aromatic carbocycles. The second kappa shape index (κ2) is 6.43. The van der Waals surface area contributed by atoms with Gasteiger partial charge in [0.15, 0.2) is 0 Å². The van der Waals surface area contributed by atoms with Gasteiger partial charge in [0, 0.05) is 28.0 Å². The molecule has 0 N–H and O–H groups in total. The highest BCUT2D eigenvalue weighted by atomic mass is 127. The van der Waals surface area contributed by atoms with E-state index in [2.05, 4.69) is 22.6 Å². The van der Waals surface area contributed by atoms with Gasteiger partial charge in [-0.05, 0) is 53.1 Å². The molecule has 0 saturated heterocycles. The number of benzene rings is 1. The summed E-state index contributed by atoms with van der Waals surface area (Å²) >= 11 is 2.20. The standard InChI is InChI=1S/C14H18INO3S/c1-2-20(18,19)9-3-7-16-8-6-11-4-5-12(15)10-13(11)14(16)17/h4-5,10H,2-3,6-9H2,1H3. The fraction of sp³-hybridized carbons (Fsp3) is 0.500. The van der Waals surface area contributed by atoms with Crippen LogP contribution in [0.5, 0.6) is 0 Å². The molecule has 0 bridgehead atoms. The molecular formula is C14H18INO3S. The van der Waals surface area contributed by atoms with E-state index in [9.17, 15) is 13.2 Å². The largest absolute Gasteiger partial charge is 0.338 e. The van der Waals surface area contributed by atoms with Gasteiger partial charge in [-0.3, -0.25) is 4.79 Å². The molecule has 0 aromatic heterocycles. The van der Waals surface area contributed by atoms with Gasteiger partial charge in [0.05, 0.1) is 5.75 Å². The monoisotopic (exact) mass is 407 g/mol. The SMILES string of the molecule is CCS(=O)(=O)CCCN1CCc2ccc(I)cc2C1=O. The minimum atomic E-state index is -2.94. The molecule has 110 valence electrons. The Labute approximate surface area is 133 Å². The Hall–Kier alpha value is -0.630. The summed E-state index contributed by atoms with van der Waals surface area (Å²) in [5, 5.41) is 0. The first-order valence-electron chi connectivity index (χ1n) is 6.71. The Morgan fingerprint density at radius 2 is 2.10 bits per heavy atom. The molecule has 1 aliphatic rings. The molecule has 1 aromatic rings. The smallest absolute Gasteiger partial charge is 0.254 e. The Morgan fingerprint density at radius 3 is 2.80 bits per heavy atom. The van der Waals surface area contributed by atoms with Crippen LogP contribution in [0.15, 0.2) is 18.2 Å². The van der Waals surface area contributed by atoms with Crippen LogP contribution in [0, 0.1) is 3.57 Å². The summed E-state index contributed by atoms with van der Waals surface area (Å²) < 4.78 is 24.0. The number of nitrogens with zero attached hydrogens (tertiary/aromatic N) is 1. The molecule has 1 aliphatic heterocycles. The lowest BCUT2D eigenvalue weighted by molar-refractivity contribution is 0.0740. The van der Waals surface area contributed by atoms with Crippen LogP contribution in [0.25, 0.3) is 0 Å². The van der Waals surface area contributed by atoms with Gasteiger partial charge in [0.1, 0.15) is 9.84 Å². The second-order valence-electron chi connectivity index (χ2n) is 4.93. The number of fused-ring (bicyclic) bond motifs is 1. The van der Waals surface area contributed by atoms with Gasteiger partial charge in [-0.15, -0.1) is 0 Å². The molecule has 20 heavy (non-hydrogen) atoms. The van der Waals surface area contributed by atoms with Crippen LogP contribution in [-0.4, -0.2) is 43.8 Å². The predicted molar refractivity (Wildman–Crippen MR) is 87.7 cm³/mol. The van der Waals surface area contributed by atoms with Crippen molar-refractivity contribution in [3.05, 3.63) is 32.9 Å². The van der Waals surface area contributed by atoms with Crippen LogP contribution >= 0.6 is 22.6 Å². The molecule has 0 unspecified atom stereocenters. The number of amides is 1. The van der Waals surface area contributed by atoms with Crippen molar-refractivity contribution < 1.29 is 13.2 Å². The first kappa shape index (κ1) is 15.8. The van der Waals surface area contributed by atoms with E-state index >= 15 is 0 Å². The van der Waals surface area contributed by atoms with Gasteiger partial charge in [-0.1, -0.05) is 13.0 Å². The Morgan fingerprint density at radius 1 is 1.35 bits per heavy atom. The number of carbonyl (C=O) groups excluding carboxylic acids is 1. The van der Waals surface area contributed by atoms with Crippen molar-refractivity contribution in [1.29, 1.82) is 0 Å². The van der Waals surface area contributed by atoms with Gasteiger partial charge in [-0.2, -0.15) is 0 Å². The number of carbonyl (C=O) groups is 1. The first-order chi connectivity index (χ1) is 9.43. The topological polar surface area (TPSA) is 54.5 Å². The molecule has 1 amide bonds. The molecule has 0 saturated carbocycles. The fourth-order valence-corrected chi connectivity index (χ4v) is 3.67. The van der Waals surface area contributed by atoms with E-state index in [0.717, 1.165) is 21.1 Å². The minimum absolute atomic E-state index is 0.0265. The highest BCUT2D eigenvalue weighted by Crippen LogP contribution is 2.21. The van der Waals surface area contributed by atoms with Crippen molar-refractivity contribution in [3.63, 3.8) is 0 Å². The average Bonchev–Trinajstić information content (AvgIpc) is 2.42. The van der Waals surface area contributed by atoms with Gasteiger partial charge < -0.3 is 4.90 Å². The van der Waals surface area contributed by atoms with Crippen LogP contribution in [0.1, 0.15) is 29.3 Å². The summed E-state index contributed by atoms with van der Waals surface area (Å²) in [5.41, 5.74) is 1.86. The Bertz CT molecular complexity index is 613. The van der Waals surface area contributed by atoms with Crippen LogP contribution in [0.3, 0.4) is 0 Å². The fourth-order valence-electron chi connectivity index (χ4n) is 2.33. The normalized spacial score (nSPS) is 15.3. The van der Waals surface area contributed by atoms with E-state index in [0.29, 0.717) is 19.5 Å². The summed E-state index contributed by atoms with van der Waals surface area (Å²) in [6.45, 7) is 2.85. The molecule has 6 heteroatoms. The third kappa shape index (κ3) is 3.72. The van der Waals surface area contributed by atoms with Crippen molar-refractivity contribution in [2.75, 3.05) is 24.6 Å². The van der Waals surface area contributed by atoms with E-state index < -0.39 is 9.84 Å². The third-order valence-corrected chi connectivity index (χ3v) is 6.03. The lowest BCUT2D eigenvalue weighted by Crippen LogP contribution is -2.38. The summed E-state index contributed by atoms with van der Waals surface area (Å²) in [4.78, 5) is 14.1. The van der Waals surface area contributed by atoms with E-state index in [1.165, 1.54) is 0 Å². The Kier molecular flexibility index (Phi) is 5.06. The van der Waals surface area contributed by atoms with Gasteiger partial charge in [0.25, 0.3) is 5.91 Å². The summed E-state index contributed by atoms with van der Waals surface area (Å²) in [5.74, 6) is 0.354. The van der Waals surface area contributed by atoms with Crippen molar-refractivity contribution in [3.8, 4) is 0 Å². The average molecular weight is 407 g/mol. The van der Waals surface area contributed by atoms with Crippen molar-refractivity contribution in [2.24, 2.45) is 0 Å². The van der Waals surface area contributed by atoms with Crippen LogP contribution in [-0.2, 0) is 16.3 Å². The van der Waals surface area contributed by atoms with E-state index in [4.69, 9.17) is 0 Å². The summed E-state index contributed by atoms with van der Waals surface area (Å²) in [6.07, 6.45) is 1.36. The van der Waals surface area contributed by atoms with Crippen molar-refractivity contribution in [1.82, 2.24) is 4.90 Å². The zero-order valence-corrected chi connectivity index (χ0v) is 14.4. The summed E-state index contributed by atoms with van der Waals surface area (Å²) in [7, 11) is -2.94. The summed E-state index contributed by atoms with van der Waals surface area (Å²) in [6, 6.07) is 5.93. The lowest BCUT2D eigenvalue weighted by atomic mass is 9.99. The molecule has 0 spiro atoms. The molecule has 0 radical (unpaired) electrons. The zero-order chi connectivity index (χ0) is 14.8. The first-order valence-corrected chi connectivity index (χ1v) is 9.61. The molecular weight excluding hydrogens is 389 g/mol. The lowest BCUT2D eigenvalue weighted by Gasteiger charge is -2.28. The number of hydrogen-bond acceptors (Lipinski definition) is 3. The highest BCUT2D eigenvalue weighted by Gasteiger charge is 2.24. The molecule has 0 atom stereocenters. The quantitative estimate of drug-likeness (QED) is 0.703. The highest BCUT2D eigenvalue weighted by molar-refractivity contribution is 14.1. The van der Waals surface area contributed by atoms with Crippen molar-refractivity contribution >= 4 is 38.3 Å². The molecule has 0 fully saturated rings. The van der Waals surface area contributed by atoms with Crippen LogP contribution in [0.4, 0.5) is 0 Å². The molecule has 0 aliphatic carbocycles. The van der Waals surface area contributed by atoms with E-state index in [1.807, 2.05) is 18.2 Å². The maximum Gasteiger partial charge on any atom is 0.254 e.